The van der Waals surface area contributed by atoms with Gasteiger partial charge >= 0.3 is 0 Å². The van der Waals surface area contributed by atoms with Crippen LogP contribution in [0.25, 0.3) is 0 Å². The molecule has 0 spiro atoms. The first-order valence-electron chi connectivity index (χ1n) is 3.69. The molecule has 0 rings (SSSR count). The predicted molar refractivity (Wildman–Crippen MR) is 46.3 cm³/mol. The maximum Gasteiger partial charge on any atom is 0.0970 e. The summed E-state index contributed by atoms with van der Waals surface area (Å²) in [5, 5.41) is 18.9. The van der Waals surface area contributed by atoms with Crippen LogP contribution in [-0.4, -0.2) is 21.9 Å². The highest BCUT2D eigenvalue weighted by Gasteiger charge is 2.29. The zero-order valence-electron chi connectivity index (χ0n) is 6.95. The highest BCUT2D eigenvalue weighted by atomic mass is 16.3. The number of hydrogen-bond donors (Lipinski definition) is 2. The fourth-order valence-corrected chi connectivity index (χ4v) is 0.924. The molecule has 0 saturated heterocycles. The van der Waals surface area contributed by atoms with Gasteiger partial charge < -0.3 is 10.2 Å². The zero-order chi connectivity index (χ0) is 8.91. The Bertz CT molecular complexity index is 128. The Labute approximate surface area is 67.9 Å². The third-order valence-electron chi connectivity index (χ3n) is 1.77. The van der Waals surface area contributed by atoms with Crippen molar-refractivity contribution in [2.24, 2.45) is 0 Å². The van der Waals surface area contributed by atoms with Crippen LogP contribution < -0.4 is 0 Å². The molecule has 2 N–H and O–H groups in total. The van der Waals surface area contributed by atoms with E-state index in [9.17, 15) is 10.2 Å². The van der Waals surface area contributed by atoms with Gasteiger partial charge in [-0.2, -0.15) is 0 Å². The summed E-state index contributed by atoms with van der Waals surface area (Å²) in [5.41, 5.74) is -1.08. The van der Waals surface area contributed by atoms with Crippen LogP contribution in [0.5, 0.6) is 0 Å². The Kier molecular flexibility index (Phi) is 4.08. The summed E-state index contributed by atoms with van der Waals surface area (Å²) in [6.07, 6.45) is 3.21. The lowest BCUT2D eigenvalue weighted by Crippen LogP contribution is -2.39. The molecule has 0 bridgehead atoms. The predicted octanol–water partition coefficient (Wildman–Crippen LogP) is 1.25. The summed E-state index contributed by atoms with van der Waals surface area (Å²) in [6.45, 7) is 8.57. The van der Waals surface area contributed by atoms with E-state index in [-0.39, 0.29) is 0 Å². The van der Waals surface area contributed by atoms with Gasteiger partial charge in [-0.05, 0) is 19.8 Å². The van der Waals surface area contributed by atoms with Crippen molar-refractivity contribution >= 4 is 0 Å². The molecule has 0 unspecified atom stereocenters. The third-order valence-corrected chi connectivity index (χ3v) is 1.77. The van der Waals surface area contributed by atoms with Crippen LogP contribution in [0, 0.1) is 0 Å². The van der Waals surface area contributed by atoms with Crippen molar-refractivity contribution in [3.63, 3.8) is 0 Å². The Morgan fingerprint density at radius 3 is 1.91 bits per heavy atom. The Balaban J connectivity index is 4.23. The zero-order valence-corrected chi connectivity index (χ0v) is 6.95. The Hall–Kier alpha value is -0.600. The summed E-state index contributed by atoms with van der Waals surface area (Å²) < 4.78 is 0. The second kappa shape index (κ2) is 4.31. The van der Waals surface area contributed by atoms with E-state index in [1.54, 1.807) is 19.1 Å². The van der Waals surface area contributed by atoms with Crippen molar-refractivity contribution in [2.45, 2.75) is 31.5 Å². The Morgan fingerprint density at radius 1 is 1.36 bits per heavy atom. The molecule has 0 fully saturated rings. The number of aliphatic hydroxyl groups excluding tert-OH is 1. The molecule has 2 heteroatoms. The van der Waals surface area contributed by atoms with E-state index >= 15 is 0 Å². The second-order valence-electron chi connectivity index (χ2n) is 2.77. The van der Waals surface area contributed by atoms with Gasteiger partial charge in [0.1, 0.15) is 0 Å². The molecular weight excluding hydrogens is 140 g/mol. The lowest BCUT2D eigenvalue weighted by Gasteiger charge is -2.28. The summed E-state index contributed by atoms with van der Waals surface area (Å²) in [7, 11) is 0. The molecule has 2 nitrogen and oxygen atoms in total. The fourth-order valence-electron chi connectivity index (χ4n) is 0.924. The summed E-state index contributed by atoms with van der Waals surface area (Å²) in [6, 6.07) is 0. The molecule has 1 atom stereocenters. The molecule has 0 radical (unpaired) electrons. The van der Waals surface area contributed by atoms with E-state index in [2.05, 4.69) is 13.2 Å². The van der Waals surface area contributed by atoms with Crippen LogP contribution in [0.1, 0.15) is 19.8 Å². The fraction of sp³-hybridized carbons (Fsp3) is 0.556. The van der Waals surface area contributed by atoms with Crippen molar-refractivity contribution in [1.82, 2.24) is 0 Å². The van der Waals surface area contributed by atoms with E-state index in [1.807, 2.05) is 0 Å². The normalized spacial score (nSPS) is 14.1. The van der Waals surface area contributed by atoms with Crippen LogP contribution >= 0.6 is 0 Å². The highest BCUT2D eigenvalue weighted by molar-refractivity contribution is 4.95. The molecular formula is C9H16O2. The topological polar surface area (TPSA) is 40.5 Å². The largest absolute Gasteiger partial charge is 0.390 e. The number of rotatable bonds is 5. The first-order chi connectivity index (χ1) is 5.06. The monoisotopic (exact) mass is 156 g/mol. The van der Waals surface area contributed by atoms with E-state index in [4.69, 9.17) is 0 Å². The average Bonchev–Trinajstić information content (AvgIpc) is 1.88. The molecule has 0 aromatic heterocycles. The Morgan fingerprint density at radius 2 is 1.73 bits per heavy atom. The molecule has 0 amide bonds. The second-order valence-corrected chi connectivity index (χ2v) is 2.77. The first kappa shape index (κ1) is 10.4. The van der Waals surface area contributed by atoms with Crippen molar-refractivity contribution in [2.75, 3.05) is 0 Å². The van der Waals surface area contributed by atoms with Gasteiger partial charge in [0.2, 0.25) is 0 Å². The van der Waals surface area contributed by atoms with Crippen LogP contribution in [0.2, 0.25) is 0 Å². The SMILES string of the molecule is C=CCC(O)(CC=C)[C@@H](C)O. The lowest BCUT2D eigenvalue weighted by atomic mass is 9.90. The van der Waals surface area contributed by atoms with Crippen LogP contribution in [0.15, 0.2) is 25.3 Å². The van der Waals surface area contributed by atoms with Crippen molar-refractivity contribution in [3.05, 3.63) is 25.3 Å². The van der Waals surface area contributed by atoms with Gasteiger partial charge in [-0.25, -0.2) is 0 Å². The van der Waals surface area contributed by atoms with Gasteiger partial charge in [0.15, 0.2) is 0 Å². The highest BCUT2D eigenvalue weighted by Crippen LogP contribution is 2.20. The van der Waals surface area contributed by atoms with Gasteiger partial charge in [0.05, 0.1) is 11.7 Å². The minimum Gasteiger partial charge on any atom is -0.390 e. The van der Waals surface area contributed by atoms with Crippen LogP contribution in [0.3, 0.4) is 0 Å². The molecule has 0 aliphatic rings. The summed E-state index contributed by atoms with van der Waals surface area (Å²) in [4.78, 5) is 0. The maximum absolute atomic E-state index is 9.70. The van der Waals surface area contributed by atoms with E-state index < -0.39 is 11.7 Å². The standard InChI is InChI=1S/C9H16O2/c1-4-6-9(11,7-5-2)8(3)10/h4-5,8,10-11H,1-2,6-7H2,3H3/t8-/m1/s1. The van der Waals surface area contributed by atoms with Gasteiger partial charge in [-0.3, -0.25) is 0 Å². The number of aliphatic hydroxyl groups is 2. The molecule has 0 aliphatic carbocycles. The molecule has 64 valence electrons. The van der Waals surface area contributed by atoms with Crippen molar-refractivity contribution in [3.8, 4) is 0 Å². The lowest BCUT2D eigenvalue weighted by molar-refractivity contribution is -0.0612. The quantitative estimate of drug-likeness (QED) is 0.588. The maximum atomic E-state index is 9.70. The van der Waals surface area contributed by atoms with Crippen LogP contribution in [-0.2, 0) is 0 Å². The molecule has 0 heterocycles. The smallest absolute Gasteiger partial charge is 0.0970 e. The molecule has 0 aromatic carbocycles. The van der Waals surface area contributed by atoms with Crippen molar-refractivity contribution < 1.29 is 10.2 Å². The average molecular weight is 156 g/mol. The van der Waals surface area contributed by atoms with E-state index in [0.717, 1.165) is 0 Å². The van der Waals surface area contributed by atoms with Crippen LogP contribution in [0.4, 0.5) is 0 Å². The van der Waals surface area contributed by atoms with Gasteiger partial charge in [0.25, 0.3) is 0 Å². The molecule has 0 aromatic rings. The van der Waals surface area contributed by atoms with Gasteiger partial charge in [-0.15, -0.1) is 13.2 Å². The van der Waals surface area contributed by atoms with E-state index in [1.165, 1.54) is 0 Å². The minimum atomic E-state index is -1.08. The molecule has 0 aliphatic heterocycles. The molecule has 0 saturated carbocycles. The minimum absolute atomic E-state index is 0.386. The third kappa shape index (κ3) is 2.87. The number of hydrogen-bond acceptors (Lipinski definition) is 2. The van der Waals surface area contributed by atoms with Gasteiger partial charge in [0, 0.05) is 0 Å². The van der Waals surface area contributed by atoms with Crippen molar-refractivity contribution in [1.29, 1.82) is 0 Å². The van der Waals surface area contributed by atoms with Gasteiger partial charge in [-0.1, -0.05) is 12.2 Å². The summed E-state index contributed by atoms with van der Waals surface area (Å²) in [5.74, 6) is 0. The molecule has 11 heavy (non-hydrogen) atoms. The van der Waals surface area contributed by atoms with E-state index in [0.29, 0.717) is 12.8 Å². The first-order valence-corrected chi connectivity index (χ1v) is 3.69. The summed E-state index contributed by atoms with van der Waals surface area (Å²) >= 11 is 0.